The van der Waals surface area contributed by atoms with Crippen LogP contribution in [0.1, 0.15) is 22.1 Å². The number of aryl methyl sites for hydroxylation is 1. The number of carbonyl (C=O) groups is 1. The Morgan fingerprint density at radius 3 is 2.51 bits per heavy atom. The van der Waals surface area contributed by atoms with Gasteiger partial charge in [0, 0.05) is 5.56 Å². The fourth-order valence-corrected chi connectivity index (χ4v) is 5.17. The summed E-state index contributed by atoms with van der Waals surface area (Å²) in [7, 11) is -4.26. The maximum absolute atomic E-state index is 12.7. The third-order valence-corrected chi connectivity index (χ3v) is 7.72. The van der Waals surface area contributed by atoms with Crippen LogP contribution in [0.25, 0.3) is 11.2 Å². The van der Waals surface area contributed by atoms with E-state index in [1.165, 1.54) is 29.4 Å². The van der Waals surface area contributed by atoms with Crippen molar-refractivity contribution in [2.75, 3.05) is 18.5 Å². The van der Waals surface area contributed by atoms with Crippen molar-refractivity contribution in [2.24, 2.45) is 0 Å². The average molecular weight is 556 g/mol. The van der Waals surface area contributed by atoms with Crippen LogP contribution in [0.4, 0.5) is 5.82 Å². The highest BCUT2D eigenvalue weighted by Crippen LogP contribution is 2.39. The molecule has 39 heavy (non-hydrogen) atoms. The molecule has 204 valence electrons. The molecule has 1 amide bonds. The molecule has 5 rings (SSSR count). The Labute approximate surface area is 222 Å². The van der Waals surface area contributed by atoms with E-state index in [1.54, 1.807) is 49.4 Å². The highest BCUT2D eigenvalue weighted by Gasteiger charge is 2.56. The second-order valence-corrected chi connectivity index (χ2v) is 10.7. The van der Waals surface area contributed by atoms with Crippen LogP contribution in [0.15, 0.2) is 72.1 Å². The number of anilines is 1. The van der Waals surface area contributed by atoms with Gasteiger partial charge in [0.2, 0.25) is 0 Å². The first-order valence-electron chi connectivity index (χ1n) is 11.8. The molecule has 3 heterocycles. The van der Waals surface area contributed by atoms with E-state index in [-0.39, 0.29) is 21.9 Å². The number of nitrogens with zero attached hydrogens (tertiary/aromatic N) is 4. The van der Waals surface area contributed by atoms with Crippen LogP contribution in [0.3, 0.4) is 0 Å². The summed E-state index contributed by atoms with van der Waals surface area (Å²) in [6.07, 6.45) is -2.27. The van der Waals surface area contributed by atoms with Crippen molar-refractivity contribution in [2.45, 2.75) is 35.9 Å². The van der Waals surface area contributed by atoms with Crippen LogP contribution in [0.5, 0.6) is 0 Å². The summed E-state index contributed by atoms with van der Waals surface area (Å²) >= 11 is 0. The number of aliphatic hydroxyl groups is 3. The van der Waals surface area contributed by atoms with E-state index in [4.69, 9.17) is 8.92 Å². The minimum absolute atomic E-state index is 0.0987. The summed E-state index contributed by atoms with van der Waals surface area (Å²) < 4.78 is 37.6. The number of hydrogen-bond acceptors (Lipinski definition) is 11. The second-order valence-electron chi connectivity index (χ2n) is 9.06. The lowest BCUT2D eigenvalue weighted by Crippen LogP contribution is -2.50. The third-order valence-electron chi connectivity index (χ3n) is 6.45. The minimum atomic E-state index is -4.26. The molecule has 1 aliphatic rings. The highest BCUT2D eigenvalue weighted by molar-refractivity contribution is 7.86. The Morgan fingerprint density at radius 2 is 1.82 bits per heavy atom. The summed E-state index contributed by atoms with van der Waals surface area (Å²) in [5.41, 5.74) is -0.427. The van der Waals surface area contributed by atoms with Gasteiger partial charge in [-0.3, -0.25) is 13.5 Å². The lowest BCUT2D eigenvalue weighted by atomic mass is 9.97. The Hall–Kier alpha value is -3.79. The molecule has 13 nitrogen and oxygen atoms in total. The zero-order chi connectivity index (χ0) is 27.8. The van der Waals surface area contributed by atoms with Crippen molar-refractivity contribution < 1.29 is 37.5 Å². The average Bonchev–Trinajstić information content (AvgIpc) is 3.48. The maximum Gasteiger partial charge on any atom is 0.297 e. The number of aromatic nitrogens is 4. The molecular formula is C25H25N5O8S. The van der Waals surface area contributed by atoms with Gasteiger partial charge in [-0.15, -0.1) is 0 Å². The first-order chi connectivity index (χ1) is 18.6. The van der Waals surface area contributed by atoms with E-state index < -0.39 is 53.3 Å². The number of rotatable bonds is 8. The molecule has 1 saturated heterocycles. The quantitative estimate of drug-likeness (QED) is 0.225. The predicted octanol–water partition coefficient (Wildman–Crippen LogP) is 0.774. The van der Waals surface area contributed by atoms with E-state index in [9.17, 15) is 28.5 Å². The van der Waals surface area contributed by atoms with E-state index >= 15 is 0 Å². The number of nitrogens with one attached hydrogen (secondary N) is 1. The third kappa shape index (κ3) is 5.01. The summed E-state index contributed by atoms with van der Waals surface area (Å²) in [4.78, 5) is 25.0. The van der Waals surface area contributed by atoms with Crippen LogP contribution in [-0.2, 0) is 19.0 Å². The fraction of sp³-hybridized carbons (Fsp3) is 0.280. The zero-order valence-electron chi connectivity index (χ0n) is 20.6. The van der Waals surface area contributed by atoms with Crippen molar-refractivity contribution in [1.29, 1.82) is 0 Å². The molecule has 2 aromatic carbocycles. The molecule has 4 N–H and O–H groups in total. The van der Waals surface area contributed by atoms with Gasteiger partial charge >= 0.3 is 0 Å². The summed E-state index contributed by atoms with van der Waals surface area (Å²) in [5.74, 6) is -0.328. The van der Waals surface area contributed by atoms with Crippen molar-refractivity contribution >= 4 is 33.0 Å². The fourth-order valence-electron chi connectivity index (χ4n) is 4.21. The van der Waals surface area contributed by atoms with Gasteiger partial charge in [0.15, 0.2) is 23.2 Å². The number of imidazole rings is 1. The van der Waals surface area contributed by atoms with Gasteiger partial charge in [-0.1, -0.05) is 35.9 Å². The van der Waals surface area contributed by atoms with Crippen molar-refractivity contribution in [3.05, 3.63) is 78.4 Å². The number of amides is 1. The zero-order valence-corrected chi connectivity index (χ0v) is 21.4. The molecule has 4 aromatic rings. The number of carbonyl (C=O) groups excluding carboxylic acids is 1. The Morgan fingerprint density at radius 1 is 1.10 bits per heavy atom. The van der Waals surface area contributed by atoms with Gasteiger partial charge in [0.25, 0.3) is 16.0 Å². The van der Waals surface area contributed by atoms with Gasteiger partial charge in [-0.2, -0.15) is 8.42 Å². The normalized spacial score (nSPS) is 23.2. The topological polar surface area (TPSA) is 186 Å². The lowest BCUT2D eigenvalue weighted by molar-refractivity contribution is -0.144. The molecule has 0 aliphatic carbocycles. The molecule has 1 aliphatic heterocycles. The number of fused-ring (bicyclic) bond motifs is 1. The maximum atomic E-state index is 12.7. The van der Waals surface area contributed by atoms with Crippen molar-refractivity contribution in [3.63, 3.8) is 0 Å². The lowest BCUT2D eigenvalue weighted by Gasteiger charge is -2.29. The first-order valence-corrected chi connectivity index (χ1v) is 13.2. The SMILES string of the molecule is Cc1ccc(S(=O)(=O)OC[C@]2(CO)OC(n3cnc4c(NC(=O)c5ccccc5)ncnc43)[C@H](O)[C@@H]2O)cc1. The van der Waals surface area contributed by atoms with Gasteiger partial charge < -0.3 is 25.4 Å². The van der Waals surface area contributed by atoms with E-state index in [2.05, 4.69) is 20.3 Å². The van der Waals surface area contributed by atoms with Gasteiger partial charge in [-0.25, -0.2) is 15.0 Å². The van der Waals surface area contributed by atoms with Crippen molar-refractivity contribution in [1.82, 2.24) is 19.5 Å². The summed E-state index contributed by atoms with van der Waals surface area (Å²) in [5, 5.41) is 34.4. The number of benzene rings is 2. The van der Waals surface area contributed by atoms with Crippen LogP contribution in [0, 0.1) is 6.92 Å². The molecule has 0 radical (unpaired) electrons. The van der Waals surface area contributed by atoms with Crippen LogP contribution < -0.4 is 5.32 Å². The molecular weight excluding hydrogens is 530 g/mol. The van der Waals surface area contributed by atoms with E-state index in [1.807, 2.05) is 0 Å². The second kappa shape index (κ2) is 10.4. The van der Waals surface area contributed by atoms with Gasteiger partial charge in [0.05, 0.1) is 17.8 Å². The van der Waals surface area contributed by atoms with Crippen LogP contribution >= 0.6 is 0 Å². The molecule has 14 heteroatoms. The highest BCUT2D eigenvalue weighted by atomic mass is 32.2. The van der Waals surface area contributed by atoms with E-state index in [0.717, 1.165) is 5.56 Å². The summed E-state index contributed by atoms with van der Waals surface area (Å²) in [6, 6.07) is 14.4. The number of hydrogen-bond donors (Lipinski definition) is 4. The van der Waals surface area contributed by atoms with Crippen molar-refractivity contribution in [3.8, 4) is 0 Å². The van der Waals surface area contributed by atoms with E-state index in [0.29, 0.717) is 5.56 Å². The first kappa shape index (κ1) is 26.8. The number of aliphatic hydroxyl groups excluding tert-OH is 3. The number of ether oxygens (including phenoxy) is 1. The molecule has 4 atom stereocenters. The molecule has 0 saturated carbocycles. The monoisotopic (exact) mass is 555 g/mol. The molecule has 0 bridgehead atoms. The Kier molecular flexibility index (Phi) is 7.15. The smallest absolute Gasteiger partial charge is 0.297 e. The van der Waals surface area contributed by atoms with Crippen LogP contribution in [0.2, 0.25) is 0 Å². The molecule has 0 spiro atoms. The minimum Gasteiger partial charge on any atom is -0.393 e. The molecule has 1 unspecified atom stereocenters. The Bertz CT molecular complexity index is 1600. The van der Waals surface area contributed by atoms with Gasteiger partial charge in [0.1, 0.15) is 30.7 Å². The van der Waals surface area contributed by atoms with Gasteiger partial charge in [-0.05, 0) is 31.2 Å². The van der Waals surface area contributed by atoms with Crippen LogP contribution in [-0.4, -0.2) is 80.2 Å². The standard InChI is InChI=1S/C25H25N5O8S/c1-15-7-9-17(10-8-15)39(35,36)37-12-25(11-31)20(33)19(32)24(38-25)30-14-28-18-21(26-13-27-22(18)30)29-23(34)16-5-3-2-4-6-16/h2-10,13-14,19-20,24,31-33H,11-12H2,1H3,(H,26,27,29,34)/t19-,20+,24?,25+/m1/s1. The Balaban J connectivity index is 1.39. The molecule has 1 fully saturated rings. The largest absolute Gasteiger partial charge is 0.393 e. The molecule has 2 aromatic heterocycles. The predicted molar refractivity (Wildman–Crippen MR) is 136 cm³/mol. The summed E-state index contributed by atoms with van der Waals surface area (Å²) in [6.45, 7) is 0.146.